The fourth-order valence-corrected chi connectivity index (χ4v) is 3.09. The van der Waals surface area contributed by atoms with E-state index in [0.29, 0.717) is 22.4 Å². The molecule has 180 valence electrons. The van der Waals surface area contributed by atoms with Crippen molar-refractivity contribution in [3.8, 4) is 11.5 Å². The van der Waals surface area contributed by atoms with Gasteiger partial charge in [0.1, 0.15) is 17.5 Å². The van der Waals surface area contributed by atoms with Gasteiger partial charge < -0.3 is 24.9 Å². The summed E-state index contributed by atoms with van der Waals surface area (Å²) in [4.78, 5) is 35.2. The SMILES string of the molecule is COc1ccc(/C=N/O)cc1/C=C/C1NC(=O)NC1=O.COc1ccc(CN(C)C)c(C=O)c1. The quantitative estimate of drug-likeness (QED) is 0.178. The van der Waals surface area contributed by atoms with E-state index in [1.165, 1.54) is 13.3 Å². The third kappa shape index (κ3) is 7.45. The second-order valence-corrected chi connectivity index (χ2v) is 7.47. The van der Waals surface area contributed by atoms with Crippen molar-refractivity contribution in [3.05, 3.63) is 64.7 Å². The Morgan fingerprint density at radius 1 is 1.09 bits per heavy atom. The Bertz CT molecular complexity index is 1080. The number of amides is 3. The van der Waals surface area contributed by atoms with Crippen LogP contribution >= 0.6 is 0 Å². The van der Waals surface area contributed by atoms with Crippen LogP contribution in [-0.4, -0.2) is 68.9 Å². The second-order valence-electron chi connectivity index (χ2n) is 7.47. The predicted molar refractivity (Wildman–Crippen MR) is 128 cm³/mol. The number of rotatable bonds is 8. The summed E-state index contributed by atoms with van der Waals surface area (Å²) in [6.45, 7) is 0.762. The van der Waals surface area contributed by atoms with Crippen molar-refractivity contribution in [1.29, 1.82) is 0 Å². The van der Waals surface area contributed by atoms with E-state index in [1.807, 2.05) is 31.1 Å². The average molecular weight is 469 g/mol. The molecule has 2 aromatic carbocycles. The molecule has 0 spiro atoms. The zero-order valence-electron chi connectivity index (χ0n) is 19.4. The van der Waals surface area contributed by atoms with Gasteiger partial charge in [-0.3, -0.25) is 14.9 Å². The first-order valence-corrected chi connectivity index (χ1v) is 10.2. The molecule has 10 heteroatoms. The number of carbonyl (C=O) groups excluding carboxylic acids is 3. The Morgan fingerprint density at radius 2 is 1.85 bits per heavy atom. The summed E-state index contributed by atoms with van der Waals surface area (Å²) >= 11 is 0. The van der Waals surface area contributed by atoms with Gasteiger partial charge in [-0.15, -0.1) is 0 Å². The lowest BCUT2D eigenvalue weighted by molar-refractivity contribution is -0.119. The monoisotopic (exact) mass is 468 g/mol. The van der Waals surface area contributed by atoms with Gasteiger partial charge in [0.2, 0.25) is 0 Å². The van der Waals surface area contributed by atoms with E-state index in [2.05, 4.69) is 15.8 Å². The van der Waals surface area contributed by atoms with Crippen LogP contribution in [0, 0.1) is 0 Å². The zero-order chi connectivity index (χ0) is 25.1. The number of nitrogens with one attached hydrogen (secondary N) is 2. The van der Waals surface area contributed by atoms with Crippen molar-refractivity contribution in [1.82, 2.24) is 15.5 Å². The summed E-state index contributed by atoms with van der Waals surface area (Å²) in [7, 11) is 7.06. The smallest absolute Gasteiger partial charge is 0.322 e. The van der Waals surface area contributed by atoms with Gasteiger partial charge in [-0.05, 0) is 55.6 Å². The van der Waals surface area contributed by atoms with Crippen LogP contribution in [-0.2, 0) is 11.3 Å². The lowest BCUT2D eigenvalue weighted by Gasteiger charge is -2.12. The van der Waals surface area contributed by atoms with E-state index in [4.69, 9.17) is 14.7 Å². The minimum absolute atomic E-state index is 0.404. The van der Waals surface area contributed by atoms with Gasteiger partial charge >= 0.3 is 6.03 Å². The minimum atomic E-state index is -0.706. The molecule has 0 bridgehead atoms. The Labute approximate surface area is 197 Å². The normalized spacial score (nSPS) is 15.1. The fraction of sp³-hybridized carbons (Fsp3) is 0.250. The van der Waals surface area contributed by atoms with E-state index in [-0.39, 0.29) is 0 Å². The molecule has 3 N–H and O–H groups in total. The van der Waals surface area contributed by atoms with Crippen LogP contribution in [0.2, 0.25) is 0 Å². The summed E-state index contributed by atoms with van der Waals surface area (Å²) in [5, 5.41) is 16.1. The predicted octanol–water partition coefficient (Wildman–Crippen LogP) is 2.29. The largest absolute Gasteiger partial charge is 0.497 e. The number of hydrogen-bond donors (Lipinski definition) is 3. The number of ether oxygens (including phenoxy) is 2. The van der Waals surface area contributed by atoms with Gasteiger partial charge in [-0.2, -0.15) is 0 Å². The maximum atomic E-state index is 11.4. The van der Waals surface area contributed by atoms with Crippen molar-refractivity contribution >= 4 is 30.5 Å². The van der Waals surface area contributed by atoms with Crippen LogP contribution < -0.4 is 20.1 Å². The molecule has 3 rings (SSSR count). The number of imide groups is 1. The summed E-state index contributed by atoms with van der Waals surface area (Å²) < 4.78 is 10.2. The standard InChI is InChI=1S/C13H13N3O4.C11H15NO2/c1-20-11-5-2-8(7-14-19)6-9(11)3-4-10-12(17)16-13(18)15-10;1-12(2)7-9-4-5-11(14-3)6-10(9)8-13/h2-7,10,19H,1H3,(H2,15,16,17,18);4-6,8H,7H2,1-3H3/b4-3+,14-7+;. The Kier molecular flexibility index (Phi) is 9.78. The summed E-state index contributed by atoms with van der Waals surface area (Å²) in [5.74, 6) is 0.911. The molecule has 34 heavy (non-hydrogen) atoms. The van der Waals surface area contributed by atoms with Crippen LogP contribution in [0.5, 0.6) is 11.5 Å². The van der Waals surface area contributed by atoms with Crippen molar-refractivity contribution in [2.24, 2.45) is 5.16 Å². The summed E-state index contributed by atoms with van der Waals surface area (Å²) in [6, 6.07) is 9.48. The molecule has 1 aliphatic rings. The Morgan fingerprint density at radius 3 is 2.41 bits per heavy atom. The topological polar surface area (TPSA) is 130 Å². The van der Waals surface area contributed by atoms with Gasteiger partial charge in [0.05, 0.1) is 20.4 Å². The van der Waals surface area contributed by atoms with E-state index in [1.54, 1.807) is 43.5 Å². The summed E-state index contributed by atoms with van der Waals surface area (Å²) in [5.41, 5.74) is 3.08. The van der Waals surface area contributed by atoms with Crippen LogP contribution in [0.3, 0.4) is 0 Å². The van der Waals surface area contributed by atoms with Gasteiger partial charge in [-0.25, -0.2) is 4.79 Å². The van der Waals surface area contributed by atoms with Crippen molar-refractivity contribution in [2.75, 3.05) is 28.3 Å². The first-order chi connectivity index (χ1) is 16.3. The van der Waals surface area contributed by atoms with Crippen molar-refractivity contribution in [2.45, 2.75) is 12.6 Å². The summed E-state index contributed by atoms with van der Waals surface area (Å²) in [6.07, 6.45) is 5.35. The molecule has 0 aliphatic carbocycles. The lowest BCUT2D eigenvalue weighted by Crippen LogP contribution is -2.26. The van der Waals surface area contributed by atoms with Gasteiger partial charge in [0.15, 0.2) is 6.29 Å². The molecule has 1 saturated heterocycles. The van der Waals surface area contributed by atoms with Gasteiger partial charge in [-0.1, -0.05) is 23.4 Å². The third-order valence-corrected chi connectivity index (χ3v) is 4.70. The van der Waals surface area contributed by atoms with Crippen molar-refractivity contribution < 1.29 is 29.1 Å². The molecule has 3 amide bonds. The molecule has 0 saturated carbocycles. The highest BCUT2D eigenvalue weighted by molar-refractivity contribution is 6.05. The van der Waals surface area contributed by atoms with Gasteiger partial charge in [0, 0.05) is 17.7 Å². The average Bonchev–Trinajstić information content (AvgIpc) is 3.15. The number of nitrogens with zero attached hydrogens (tertiary/aromatic N) is 2. The minimum Gasteiger partial charge on any atom is -0.497 e. The number of carbonyl (C=O) groups is 3. The van der Waals surface area contributed by atoms with E-state index < -0.39 is 18.0 Å². The highest BCUT2D eigenvalue weighted by Crippen LogP contribution is 2.21. The van der Waals surface area contributed by atoms with Crippen molar-refractivity contribution in [3.63, 3.8) is 0 Å². The molecular weight excluding hydrogens is 440 g/mol. The molecule has 1 fully saturated rings. The number of urea groups is 1. The lowest BCUT2D eigenvalue weighted by atomic mass is 10.1. The van der Waals surface area contributed by atoms with Crippen LogP contribution in [0.15, 0.2) is 47.6 Å². The first kappa shape index (κ1) is 26.1. The van der Waals surface area contributed by atoms with E-state index in [0.717, 1.165) is 24.1 Å². The fourth-order valence-electron chi connectivity index (χ4n) is 3.09. The number of methoxy groups -OCH3 is 2. The van der Waals surface area contributed by atoms with E-state index in [9.17, 15) is 14.4 Å². The highest BCUT2D eigenvalue weighted by atomic mass is 16.5. The van der Waals surface area contributed by atoms with Crippen LogP contribution in [0.4, 0.5) is 4.79 Å². The Balaban J connectivity index is 0.000000257. The molecule has 1 unspecified atom stereocenters. The number of benzene rings is 2. The van der Waals surface area contributed by atoms with E-state index >= 15 is 0 Å². The van der Waals surface area contributed by atoms with Gasteiger partial charge in [0.25, 0.3) is 5.91 Å². The second kappa shape index (κ2) is 12.8. The first-order valence-electron chi connectivity index (χ1n) is 10.2. The molecule has 0 radical (unpaired) electrons. The van der Waals surface area contributed by atoms with Crippen LogP contribution in [0.1, 0.15) is 27.0 Å². The highest BCUT2D eigenvalue weighted by Gasteiger charge is 2.26. The zero-order valence-corrected chi connectivity index (χ0v) is 19.4. The van der Waals surface area contributed by atoms with Crippen LogP contribution in [0.25, 0.3) is 6.08 Å². The molecule has 0 aromatic heterocycles. The molecule has 10 nitrogen and oxygen atoms in total. The maximum absolute atomic E-state index is 11.4. The molecule has 1 atom stereocenters. The molecular formula is C24H28N4O6. The number of aldehydes is 1. The Hall–Kier alpha value is -4.18. The molecule has 1 aliphatic heterocycles. The third-order valence-electron chi connectivity index (χ3n) is 4.70. The number of oxime groups is 1. The maximum Gasteiger partial charge on any atom is 0.322 e. The molecule has 1 heterocycles. The molecule has 2 aromatic rings. The number of hydrogen-bond acceptors (Lipinski definition) is 8.